The largest absolute Gasteiger partial charge is 0.127 e. The summed E-state index contributed by atoms with van der Waals surface area (Å²) in [7, 11) is 0. The lowest BCUT2D eigenvalue weighted by molar-refractivity contribution is 0.800. The summed E-state index contributed by atoms with van der Waals surface area (Å²) in [6.45, 7) is 0. The van der Waals surface area contributed by atoms with Gasteiger partial charge in [-0.2, -0.15) is 0 Å². The quantitative estimate of drug-likeness (QED) is 0.490. The maximum absolute atomic E-state index is 5.68. The first kappa shape index (κ1) is 13.6. The zero-order valence-corrected chi connectivity index (χ0v) is 12.5. The van der Waals surface area contributed by atoms with Crippen LogP contribution in [0, 0.1) is 0 Å². The summed E-state index contributed by atoms with van der Waals surface area (Å²) in [6.07, 6.45) is 3.38. The second-order valence-corrected chi connectivity index (χ2v) is 5.64. The van der Waals surface area contributed by atoms with Crippen molar-refractivity contribution in [2.45, 2.75) is 19.3 Å². The van der Waals surface area contributed by atoms with E-state index in [9.17, 15) is 0 Å². The summed E-state index contributed by atoms with van der Waals surface area (Å²) in [4.78, 5) is 0. The van der Waals surface area contributed by atoms with Crippen molar-refractivity contribution in [1.82, 2.24) is 0 Å². The highest BCUT2D eigenvalue weighted by molar-refractivity contribution is 9.10. The molecule has 0 saturated heterocycles. The molecule has 0 nitrogen and oxygen atoms in total. The van der Waals surface area contributed by atoms with Crippen LogP contribution in [0.4, 0.5) is 0 Å². The molecule has 0 aliphatic heterocycles. The lowest BCUT2D eigenvalue weighted by atomic mass is 10.0. The molecule has 2 aromatic carbocycles. The van der Waals surface area contributed by atoms with Crippen LogP contribution in [0.15, 0.2) is 53.0 Å². The predicted molar refractivity (Wildman–Crippen MR) is 83.2 cm³/mol. The Labute approximate surface area is 122 Å². The smallest absolute Gasteiger partial charge is 0.0223 e. The third-order valence-corrected chi connectivity index (χ3v) is 3.78. The number of hydrogen-bond donors (Lipinski definition) is 0. The summed E-state index contributed by atoms with van der Waals surface area (Å²) >= 11 is 9.14. The molecule has 0 unspecified atom stereocenters. The molecular formula is C16H16BrCl. The molecule has 0 atom stereocenters. The number of hydrogen-bond acceptors (Lipinski definition) is 0. The van der Waals surface area contributed by atoms with E-state index in [-0.39, 0.29) is 0 Å². The van der Waals surface area contributed by atoms with E-state index in [1.165, 1.54) is 23.1 Å². The van der Waals surface area contributed by atoms with E-state index in [4.69, 9.17) is 11.6 Å². The van der Waals surface area contributed by atoms with Gasteiger partial charge in [-0.05, 0) is 48.1 Å². The van der Waals surface area contributed by atoms with E-state index >= 15 is 0 Å². The van der Waals surface area contributed by atoms with Gasteiger partial charge < -0.3 is 0 Å². The van der Waals surface area contributed by atoms with E-state index in [1.54, 1.807) is 0 Å². The van der Waals surface area contributed by atoms with Crippen molar-refractivity contribution in [3.05, 3.63) is 58.6 Å². The summed E-state index contributed by atoms with van der Waals surface area (Å²) < 4.78 is 1.11. The van der Waals surface area contributed by atoms with Gasteiger partial charge in [0.2, 0.25) is 0 Å². The standard InChI is InChI=1S/C16H16BrCl/c17-16-10-8-15(9-11-16)14-6-4-13(5-7-14)3-1-2-12-18/h4-11H,1-3,12H2. The zero-order valence-electron chi connectivity index (χ0n) is 10.2. The van der Waals surface area contributed by atoms with Gasteiger partial charge in [-0.1, -0.05) is 52.3 Å². The number of rotatable bonds is 5. The van der Waals surface area contributed by atoms with Crippen LogP contribution < -0.4 is 0 Å². The number of unbranched alkanes of at least 4 members (excludes halogenated alkanes) is 1. The molecule has 0 aliphatic carbocycles. The monoisotopic (exact) mass is 322 g/mol. The zero-order chi connectivity index (χ0) is 12.8. The third kappa shape index (κ3) is 3.86. The Hall–Kier alpha value is -0.790. The summed E-state index contributed by atoms with van der Waals surface area (Å²) in [5.41, 5.74) is 3.91. The minimum Gasteiger partial charge on any atom is -0.127 e. The van der Waals surface area contributed by atoms with E-state index in [0.717, 1.165) is 23.2 Å². The third-order valence-electron chi connectivity index (χ3n) is 2.98. The average Bonchev–Trinajstić information content (AvgIpc) is 2.41. The van der Waals surface area contributed by atoms with Crippen molar-refractivity contribution in [2.75, 3.05) is 5.88 Å². The molecule has 18 heavy (non-hydrogen) atoms. The molecule has 0 aromatic heterocycles. The van der Waals surface area contributed by atoms with Gasteiger partial charge in [0.25, 0.3) is 0 Å². The maximum atomic E-state index is 5.68. The van der Waals surface area contributed by atoms with Crippen molar-refractivity contribution in [3.63, 3.8) is 0 Å². The fraction of sp³-hybridized carbons (Fsp3) is 0.250. The predicted octanol–water partition coefficient (Wildman–Crippen LogP) is 5.68. The molecular weight excluding hydrogens is 308 g/mol. The van der Waals surface area contributed by atoms with Gasteiger partial charge in [0.1, 0.15) is 0 Å². The van der Waals surface area contributed by atoms with Crippen molar-refractivity contribution < 1.29 is 0 Å². The maximum Gasteiger partial charge on any atom is 0.0223 e. The fourth-order valence-corrected chi connectivity index (χ4v) is 2.38. The first-order chi connectivity index (χ1) is 8.79. The normalized spacial score (nSPS) is 10.6. The Kier molecular flexibility index (Phi) is 5.27. The van der Waals surface area contributed by atoms with Crippen LogP contribution in [-0.4, -0.2) is 5.88 Å². The topological polar surface area (TPSA) is 0 Å². The van der Waals surface area contributed by atoms with Gasteiger partial charge in [0, 0.05) is 10.4 Å². The van der Waals surface area contributed by atoms with Crippen LogP contribution in [-0.2, 0) is 6.42 Å². The molecule has 0 amide bonds. The Morgan fingerprint density at radius 2 is 1.33 bits per heavy atom. The molecule has 0 bridgehead atoms. The molecule has 0 radical (unpaired) electrons. The minimum absolute atomic E-state index is 0.761. The second-order valence-electron chi connectivity index (χ2n) is 4.35. The highest BCUT2D eigenvalue weighted by Crippen LogP contribution is 2.22. The van der Waals surface area contributed by atoms with Crippen LogP contribution in [0.5, 0.6) is 0 Å². The van der Waals surface area contributed by atoms with E-state index in [2.05, 4.69) is 64.5 Å². The molecule has 0 spiro atoms. The van der Waals surface area contributed by atoms with E-state index in [0.29, 0.717) is 0 Å². The number of halogens is 2. The van der Waals surface area contributed by atoms with E-state index in [1.807, 2.05) is 0 Å². The molecule has 2 aromatic rings. The Bertz CT molecular complexity index is 473. The van der Waals surface area contributed by atoms with E-state index < -0.39 is 0 Å². The molecule has 0 fully saturated rings. The fourth-order valence-electron chi connectivity index (χ4n) is 1.93. The molecule has 0 saturated carbocycles. The van der Waals surface area contributed by atoms with Crippen LogP contribution in [0.25, 0.3) is 11.1 Å². The van der Waals surface area contributed by atoms with Gasteiger partial charge in [-0.15, -0.1) is 11.6 Å². The van der Waals surface area contributed by atoms with Gasteiger partial charge in [-0.3, -0.25) is 0 Å². The molecule has 0 heterocycles. The van der Waals surface area contributed by atoms with Crippen molar-refractivity contribution >= 4 is 27.5 Å². The molecule has 2 heteroatoms. The highest BCUT2D eigenvalue weighted by Gasteiger charge is 1.98. The molecule has 2 rings (SSSR count). The molecule has 0 N–H and O–H groups in total. The lowest BCUT2D eigenvalue weighted by Gasteiger charge is -2.04. The molecule has 94 valence electrons. The van der Waals surface area contributed by atoms with Gasteiger partial charge in [0.15, 0.2) is 0 Å². The lowest BCUT2D eigenvalue weighted by Crippen LogP contribution is -1.86. The van der Waals surface area contributed by atoms with Crippen LogP contribution in [0.3, 0.4) is 0 Å². The van der Waals surface area contributed by atoms with Crippen LogP contribution in [0.2, 0.25) is 0 Å². The summed E-state index contributed by atoms with van der Waals surface area (Å²) in [6, 6.07) is 17.2. The number of alkyl halides is 1. The van der Waals surface area contributed by atoms with Crippen LogP contribution >= 0.6 is 27.5 Å². The van der Waals surface area contributed by atoms with Gasteiger partial charge >= 0.3 is 0 Å². The first-order valence-corrected chi connectivity index (χ1v) is 7.53. The summed E-state index contributed by atoms with van der Waals surface area (Å²) in [5, 5.41) is 0. The SMILES string of the molecule is ClCCCCc1ccc(-c2ccc(Br)cc2)cc1. The van der Waals surface area contributed by atoms with Gasteiger partial charge in [0.05, 0.1) is 0 Å². The average molecular weight is 324 g/mol. The Morgan fingerprint density at radius 1 is 0.778 bits per heavy atom. The van der Waals surface area contributed by atoms with Crippen molar-refractivity contribution in [2.24, 2.45) is 0 Å². The summed E-state index contributed by atoms with van der Waals surface area (Å²) in [5.74, 6) is 0.761. The Morgan fingerprint density at radius 3 is 1.89 bits per heavy atom. The minimum atomic E-state index is 0.761. The first-order valence-electron chi connectivity index (χ1n) is 6.20. The van der Waals surface area contributed by atoms with Crippen molar-refractivity contribution in [3.8, 4) is 11.1 Å². The van der Waals surface area contributed by atoms with Gasteiger partial charge in [-0.25, -0.2) is 0 Å². The highest BCUT2D eigenvalue weighted by atomic mass is 79.9. The second kappa shape index (κ2) is 6.96. The number of aryl methyl sites for hydroxylation is 1. The van der Waals surface area contributed by atoms with Crippen molar-refractivity contribution in [1.29, 1.82) is 0 Å². The number of benzene rings is 2. The molecule has 0 aliphatic rings. The Balaban J connectivity index is 2.05. The van der Waals surface area contributed by atoms with Crippen LogP contribution in [0.1, 0.15) is 18.4 Å².